The molecule has 0 radical (unpaired) electrons. The molecule has 2 rings (SSSR count). The van der Waals surface area contributed by atoms with Gasteiger partial charge in [-0.1, -0.05) is 0 Å². The first-order chi connectivity index (χ1) is 8.60. The molecular formula is C12H12F2N4. The molecule has 0 atom stereocenters. The fourth-order valence-electron chi connectivity index (χ4n) is 1.43. The van der Waals surface area contributed by atoms with E-state index in [1.165, 1.54) is 19.3 Å². The van der Waals surface area contributed by atoms with Gasteiger partial charge in [-0.25, -0.2) is 13.8 Å². The molecule has 0 aliphatic heterocycles. The number of benzene rings is 1. The first kappa shape index (κ1) is 12.2. The highest BCUT2D eigenvalue weighted by Crippen LogP contribution is 2.22. The normalized spacial score (nSPS) is 10.2. The van der Waals surface area contributed by atoms with Gasteiger partial charge in [0.25, 0.3) is 0 Å². The van der Waals surface area contributed by atoms with E-state index in [9.17, 15) is 8.78 Å². The molecule has 0 amide bonds. The van der Waals surface area contributed by atoms with Gasteiger partial charge < -0.3 is 10.6 Å². The molecule has 18 heavy (non-hydrogen) atoms. The molecule has 0 saturated carbocycles. The summed E-state index contributed by atoms with van der Waals surface area (Å²) in [4.78, 5) is 8.02. The molecule has 1 aromatic carbocycles. The van der Waals surface area contributed by atoms with Crippen LogP contribution in [0.3, 0.4) is 0 Å². The van der Waals surface area contributed by atoms with Crippen molar-refractivity contribution in [2.45, 2.75) is 6.92 Å². The molecule has 1 aromatic heterocycles. The standard InChI is InChI=1S/C12H12F2N4/c1-7-3-9(14)10(4-8(7)13)17-12-6-16-5-11(15-2)18-12/h3-6H,1-2H3,(H2,15,17,18). The van der Waals surface area contributed by atoms with Crippen LogP contribution in [-0.2, 0) is 0 Å². The molecule has 2 aromatic rings. The molecule has 6 heteroatoms. The second-order valence-electron chi connectivity index (χ2n) is 3.75. The summed E-state index contributed by atoms with van der Waals surface area (Å²) in [6.45, 7) is 1.50. The molecule has 0 aliphatic carbocycles. The van der Waals surface area contributed by atoms with Crippen LogP contribution in [0.1, 0.15) is 5.56 Å². The minimum absolute atomic E-state index is 0.0284. The molecule has 0 spiro atoms. The summed E-state index contributed by atoms with van der Waals surface area (Å²) in [5.41, 5.74) is 0.286. The van der Waals surface area contributed by atoms with Crippen LogP contribution in [0, 0.1) is 18.6 Å². The molecular weight excluding hydrogens is 238 g/mol. The van der Waals surface area contributed by atoms with E-state index >= 15 is 0 Å². The van der Waals surface area contributed by atoms with Gasteiger partial charge in [-0.2, -0.15) is 0 Å². The summed E-state index contributed by atoms with van der Waals surface area (Å²) in [6.07, 6.45) is 2.95. The molecule has 0 bridgehead atoms. The lowest BCUT2D eigenvalue weighted by Gasteiger charge is -2.08. The van der Waals surface area contributed by atoms with Crippen LogP contribution in [0.2, 0.25) is 0 Å². The third kappa shape index (κ3) is 2.53. The van der Waals surface area contributed by atoms with Crippen molar-refractivity contribution in [2.75, 3.05) is 17.7 Å². The number of halogens is 2. The SMILES string of the molecule is CNc1cncc(Nc2cc(F)c(C)cc2F)n1. The van der Waals surface area contributed by atoms with E-state index < -0.39 is 11.6 Å². The lowest BCUT2D eigenvalue weighted by Crippen LogP contribution is -2.01. The van der Waals surface area contributed by atoms with Crippen LogP contribution in [0.25, 0.3) is 0 Å². The third-order valence-electron chi connectivity index (χ3n) is 2.40. The Kier molecular flexibility index (Phi) is 3.36. The highest BCUT2D eigenvalue weighted by atomic mass is 19.1. The number of hydrogen-bond donors (Lipinski definition) is 2. The first-order valence-electron chi connectivity index (χ1n) is 5.32. The van der Waals surface area contributed by atoms with Crippen molar-refractivity contribution in [1.29, 1.82) is 0 Å². The summed E-state index contributed by atoms with van der Waals surface area (Å²) in [7, 11) is 1.69. The van der Waals surface area contributed by atoms with Crippen LogP contribution in [-0.4, -0.2) is 17.0 Å². The van der Waals surface area contributed by atoms with Gasteiger partial charge in [-0.05, 0) is 18.6 Å². The summed E-state index contributed by atoms with van der Waals surface area (Å²) in [5, 5.41) is 5.49. The number of rotatable bonds is 3. The molecule has 0 unspecified atom stereocenters. The quantitative estimate of drug-likeness (QED) is 0.879. The van der Waals surface area contributed by atoms with Crippen molar-refractivity contribution in [3.63, 3.8) is 0 Å². The van der Waals surface area contributed by atoms with E-state index in [-0.39, 0.29) is 11.3 Å². The number of aromatic nitrogens is 2. The minimum Gasteiger partial charge on any atom is -0.372 e. The lowest BCUT2D eigenvalue weighted by molar-refractivity contribution is 0.595. The Morgan fingerprint density at radius 2 is 1.78 bits per heavy atom. The van der Waals surface area contributed by atoms with Crippen LogP contribution in [0.15, 0.2) is 24.5 Å². The van der Waals surface area contributed by atoms with E-state index in [0.717, 1.165) is 12.1 Å². The van der Waals surface area contributed by atoms with E-state index in [1.807, 2.05) is 0 Å². The minimum atomic E-state index is -0.537. The fraction of sp³-hybridized carbons (Fsp3) is 0.167. The fourth-order valence-corrected chi connectivity index (χ4v) is 1.43. The monoisotopic (exact) mass is 250 g/mol. The van der Waals surface area contributed by atoms with Gasteiger partial charge >= 0.3 is 0 Å². The van der Waals surface area contributed by atoms with Crippen molar-refractivity contribution < 1.29 is 8.78 Å². The number of anilines is 3. The van der Waals surface area contributed by atoms with Gasteiger partial charge in [0.15, 0.2) is 5.82 Å². The van der Waals surface area contributed by atoms with Gasteiger partial charge in [-0.3, -0.25) is 4.98 Å². The highest BCUT2D eigenvalue weighted by Gasteiger charge is 2.08. The van der Waals surface area contributed by atoms with E-state index in [4.69, 9.17) is 0 Å². The lowest BCUT2D eigenvalue weighted by atomic mass is 10.2. The molecule has 2 N–H and O–H groups in total. The van der Waals surface area contributed by atoms with E-state index in [0.29, 0.717) is 11.6 Å². The third-order valence-corrected chi connectivity index (χ3v) is 2.40. The Bertz CT molecular complexity index is 572. The van der Waals surface area contributed by atoms with Crippen molar-refractivity contribution >= 4 is 17.3 Å². The Morgan fingerprint density at radius 3 is 2.50 bits per heavy atom. The second kappa shape index (κ2) is 4.95. The second-order valence-corrected chi connectivity index (χ2v) is 3.75. The molecule has 94 valence electrons. The molecule has 0 aliphatic rings. The highest BCUT2D eigenvalue weighted by molar-refractivity contribution is 5.58. The van der Waals surface area contributed by atoms with Crippen LogP contribution >= 0.6 is 0 Å². The number of aryl methyl sites for hydroxylation is 1. The topological polar surface area (TPSA) is 49.8 Å². The zero-order valence-electron chi connectivity index (χ0n) is 9.96. The van der Waals surface area contributed by atoms with Crippen LogP contribution in [0.4, 0.5) is 26.1 Å². The molecule has 4 nitrogen and oxygen atoms in total. The largest absolute Gasteiger partial charge is 0.372 e. The Hall–Kier alpha value is -2.24. The van der Waals surface area contributed by atoms with Crippen molar-refractivity contribution in [3.05, 3.63) is 41.7 Å². The maximum absolute atomic E-state index is 13.6. The summed E-state index contributed by atoms with van der Waals surface area (Å²) < 4.78 is 27.0. The van der Waals surface area contributed by atoms with Crippen LogP contribution in [0.5, 0.6) is 0 Å². The van der Waals surface area contributed by atoms with Gasteiger partial charge in [0.2, 0.25) is 0 Å². The average Bonchev–Trinajstić information content (AvgIpc) is 2.36. The number of nitrogens with one attached hydrogen (secondary N) is 2. The molecule has 0 fully saturated rings. The van der Waals surface area contributed by atoms with Gasteiger partial charge in [-0.15, -0.1) is 0 Å². The molecule has 1 heterocycles. The smallest absolute Gasteiger partial charge is 0.151 e. The summed E-state index contributed by atoms with van der Waals surface area (Å²) in [5.74, 6) is -0.140. The van der Waals surface area contributed by atoms with Crippen molar-refractivity contribution in [1.82, 2.24) is 9.97 Å². The van der Waals surface area contributed by atoms with Gasteiger partial charge in [0, 0.05) is 13.1 Å². The van der Waals surface area contributed by atoms with E-state index in [1.54, 1.807) is 7.05 Å². The summed E-state index contributed by atoms with van der Waals surface area (Å²) >= 11 is 0. The van der Waals surface area contributed by atoms with Gasteiger partial charge in [0.05, 0.1) is 18.1 Å². The predicted octanol–water partition coefficient (Wildman–Crippen LogP) is 2.85. The molecule has 0 saturated heterocycles. The van der Waals surface area contributed by atoms with E-state index in [2.05, 4.69) is 20.6 Å². The van der Waals surface area contributed by atoms with Crippen LogP contribution < -0.4 is 10.6 Å². The Labute approximate surface area is 103 Å². The number of hydrogen-bond acceptors (Lipinski definition) is 4. The number of nitrogens with zero attached hydrogens (tertiary/aromatic N) is 2. The Balaban J connectivity index is 2.30. The average molecular weight is 250 g/mol. The maximum atomic E-state index is 13.6. The first-order valence-corrected chi connectivity index (χ1v) is 5.32. The Morgan fingerprint density at radius 1 is 1.06 bits per heavy atom. The van der Waals surface area contributed by atoms with Crippen molar-refractivity contribution in [2.24, 2.45) is 0 Å². The van der Waals surface area contributed by atoms with Crippen molar-refractivity contribution in [3.8, 4) is 0 Å². The predicted molar refractivity (Wildman–Crippen MR) is 66.0 cm³/mol. The zero-order valence-corrected chi connectivity index (χ0v) is 9.96. The summed E-state index contributed by atoms with van der Waals surface area (Å²) in [6, 6.07) is 2.23. The zero-order chi connectivity index (χ0) is 13.1. The van der Waals surface area contributed by atoms with Gasteiger partial charge in [0.1, 0.15) is 17.5 Å². The maximum Gasteiger partial charge on any atom is 0.151 e.